The van der Waals surface area contributed by atoms with Gasteiger partial charge >= 0.3 is 0 Å². The fourth-order valence-corrected chi connectivity index (χ4v) is 2.88. The smallest absolute Gasteiger partial charge is 0.194 e. The number of carbonyl (C=O) groups is 1. The van der Waals surface area contributed by atoms with Crippen molar-refractivity contribution in [1.82, 2.24) is 0 Å². The maximum absolute atomic E-state index is 12.7. The van der Waals surface area contributed by atoms with Crippen LogP contribution in [0.4, 0.5) is 0 Å². The number of benzene rings is 2. The lowest BCUT2D eigenvalue weighted by molar-refractivity contribution is 0.103. The minimum atomic E-state index is 0.0547. The monoisotopic (exact) mass is 282 g/mol. The van der Waals surface area contributed by atoms with Crippen LogP contribution in [0.5, 0.6) is 11.5 Å². The quantitative estimate of drug-likeness (QED) is 0.687. The van der Waals surface area contributed by atoms with Crippen molar-refractivity contribution in [3.8, 4) is 11.5 Å². The maximum Gasteiger partial charge on any atom is 0.194 e. The third-order valence-electron chi connectivity index (χ3n) is 4.46. The van der Waals surface area contributed by atoms with Crippen molar-refractivity contribution in [3.05, 3.63) is 56.5 Å². The Labute approximate surface area is 123 Å². The van der Waals surface area contributed by atoms with Crippen molar-refractivity contribution in [2.45, 2.75) is 20.8 Å². The molecular weight excluding hydrogens is 264 g/mol. The van der Waals surface area contributed by atoms with Gasteiger partial charge in [-0.05, 0) is 43.5 Å². The van der Waals surface area contributed by atoms with Gasteiger partial charge in [-0.2, -0.15) is 0 Å². The van der Waals surface area contributed by atoms with Crippen LogP contribution in [-0.2, 0) is 0 Å². The average Bonchev–Trinajstić information content (AvgIpc) is 2.45. The Morgan fingerprint density at radius 2 is 1.57 bits per heavy atom. The van der Waals surface area contributed by atoms with E-state index in [2.05, 4.69) is 6.92 Å². The second-order valence-electron chi connectivity index (χ2n) is 5.42. The van der Waals surface area contributed by atoms with E-state index in [-0.39, 0.29) is 5.78 Å². The topological polar surface area (TPSA) is 35.5 Å². The summed E-state index contributed by atoms with van der Waals surface area (Å²) in [6.07, 6.45) is 0. The van der Waals surface area contributed by atoms with E-state index >= 15 is 0 Å². The van der Waals surface area contributed by atoms with E-state index in [0.717, 1.165) is 27.3 Å². The van der Waals surface area contributed by atoms with Gasteiger partial charge in [-0.3, -0.25) is 4.79 Å². The lowest BCUT2D eigenvalue weighted by atomic mass is 9.87. The van der Waals surface area contributed by atoms with Crippen LogP contribution in [0.25, 0.3) is 0 Å². The molecule has 0 spiro atoms. The van der Waals surface area contributed by atoms with Crippen molar-refractivity contribution in [2.75, 3.05) is 14.2 Å². The van der Waals surface area contributed by atoms with Gasteiger partial charge in [0.05, 0.1) is 14.2 Å². The minimum Gasteiger partial charge on any atom is -0.492 e. The van der Waals surface area contributed by atoms with Crippen molar-refractivity contribution in [3.63, 3.8) is 0 Å². The minimum absolute atomic E-state index is 0.0547. The Hall–Kier alpha value is -2.29. The summed E-state index contributed by atoms with van der Waals surface area (Å²) < 4.78 is 10.6. The van der Waals surface area contributed by atoms with Crippen molar-refractivity contribution < 1.29 is 14.3 Å². The molecule has 2 aliphatic carbocycles. The molecule has 3 heteroatoms. The Morgan fingerprint density at radius 3 is 2.19 bits per heavy atom. The molecular formula is C18H18O3. The van der Waals surface area contributed by atoms with Crippen LogP contribution in [0.2, 0.25) is 0 Å². The molecule has 0 amide bonds. The highest BCUT2D eigenvalue weighted by molar-refractivity contribution is 6.11. The lowest BCUT2D eigenvalue weighted by Gasteiger charge is -2.21. The number of hydrogen-bond donors (Lipinski definition) is 0. The predicted molar refractivity (Wildman–Crippen MR) is 81.3 cm³/mol. The molecule has 0 aliphatic heterocycles. The van der Waals surface area contributed by atoms with E-state index in [1.54, 1.807) is 14.2 Å². The molecule has 0 N–H and O–H groups in total. The normalized spacial score (nSPS) is 11.3. The summed E-state index contributed by atoms with van der Waals surface area (Å²) in [4.78, 5) is 12.7. The Morgan fingerprint density at radius 1 is 0.905 bits per heavy atom. The molecule has 3 rings (SSSR count). The van der Waals surface area contributed by atoms with Crippen LogP contribution in [0, 0.1) is 31.2 Å². The summed E-state index contributed by atoms with van der Waals surface area (Å²) in [5.41, 5.74) is 4.90. The van der Waals surface area contributed by atoms with E-state index < -0.39 is 0 Å². The summed E-state index contributed by atoms with van der Waals surface area (Å²) in [6.45, 7) is 6.11. The first-order valence-electron chi connectivity index (χ1n) is 6.92. The summed E-state index contributed by atoms with van der Waals surface area (Å²) in [5, 5.41) is 1.89. The molecule has 0 aromatic heterocycles. The fourth-order valence-electron chi connectivity index (χ4n) is 2.88. The van der Waals surface area contributed by atoms with Crippen molar-refractivity contribution in [1.29, 1.82) is 0 Å². The molecule has 0 heterocycles. The molecule has 0 radical (unpaired) electrons. The number of rotatable bonds is 4. The molecule has 21 heavy (non-hydrogen) atoms. The first-order valence-corrected chi connectivity index (χ1v) is 6.92. The zero-order chi connectivity index (χ0) is 15.3. The first-order chi connectivity index (χ1) is 10.0. The van der Waals surface area contributed by atoms with Crippen LogP contribution in [0.3, 0.4) is 0 Å². The zero-order valence-electron chi connectivity index (χ0n) is 13.0. The van der Waals surface area contributed by atoms with Gasteiger partial charge in [-0.1, -0.05) is 12.1 Å². The van der Waals surface area contributed by atoms with E-state index in [9.17, 15) is 4.79 Å². The number of ether oxygens (including phenoxy) is 2. The highest BCUT2D eigenvalue weighted by Crippen LogP contribution is 2.42. The van der Waals surface area contributed by atoms with Gasteiger partial charge in [-0.15, -0.1) is 0 Å². The van der Waals surface area contributed by atoms with E-state index in [4.69, 9.17) is 9.47 Å². The summed E-state index contributed by atoms with van der Waals surface area (Å²) in [6, 6.07) is 5.79. The SMILES string of the molecule is COc1c(OC)c2c(C(=O)c3ccc(C)c(C)c3C)cc1=2. The third-order valence-corrected chi connectivity index (χ3v) is 4.46. The van der Waals surface area contributed by atoms with Crippen LogP contribution in [-0.4, -0.2) is 20.0 Å². The van der Waals surface area contributed by atoms with Crippen LogP contribution in [0.15, 0.2) is 18.2 Å². The summed E-state index contributed by atoms with van der Waals surface area (Å²) in [7, 11) is 3.21. The molecule has 1 aromatic carbocycles. The number of methoxy groups -OCH3 is 2. The predicted octanol–water partition coefficient (Wildman–Crippen LogP) is 3.46. The standard InChI is InChI=1S/C18H18O3/c1-9-6-7-12(11(3)10(9)2)16(19)13-8-14-15(13)18(21-5)17(14)20-4/h6-8H,1-5H3. The Bertz CT molecular complexity index is 863. The summed E-state index contributed by atoms with van der Waals surface area (Å²) in [5.74, 6) is 1.47. The van der Waals surface area contributed by atoms with Gasteiger partial charge in [0.25, 0.3) is 0 Å². The van der Waals surface area contributed by atoms with Gasteiger partial charge < -0.3 is 9.47 Å². The molecule has 0 bridgehead atoms. The maximum atomic E-state index is 12.7. The molecule has 0 unspecified atom stereocenters. The molecule has 108 valence electrons. The highest BCUT2D eigenvalue weighted by Gasteiger charge is 2.27. The Kier molecular flexibility index (Phi) is 3.01. The second-order valence-corrected chi connectivity index (χ2v) is 5.42. The van der Waals surface area contributed by atoms with Gasteiger partial charge in [0, 0.05) is 21.6 Å². The second kappa shape index (κ2) is 4.62. The third kappa shape index (κ3) is 1.70. The number of aryl methyl sites for hydroxylation is 1. The number of ketones is 1. The van der Waals surface area contributed by atoms with Crippen LogP contribution < -0.4 is 9.47 Å². The first kappa shape index (κ1) is 13.7. The van der Waals surface area contributed by atoms with Gasteiger partial charge in [-0.25, -0.2) is 0 Å². The zero-order valence-corrected chi connectivity index (χ0v) is 13.0. The molecule has 0 saturated carbocycles. The molecule has 3 nitrogen and oxygen atoms in total. The van der Waals surface area contributed by atoms with Crippen molar-refractivity contribution >= 4 is 5.78 Å². The largest absolute Gasteiger partial charge is 0.492 e. The van der Waals surface area contributed by atoms with E-state index in [1.165, 1.54) is 11.1 Å². The lowest BCUT2D eigenvalue weighted by Crippen LogP contribution is -2.13. The van der Waals surface area contributed by atoms with Gasteiger partial charge in [0.2, 0.25) is 0 Å². The Balaban J connectivity index is 2.07. The van der Waals surface area contributed by atoms with Gasteiger partial charge in [0.1, 0.15) is 0 Å². The molecule has 2 aliphatic rings. The van der Waals surface area contributed by atoms with E-state index in [0.29, 0.717) is 11.3 Å². The number of hydrogen-bond acceptors (Lipinski definition) is 3. The molecule has 0 saturated heterocycles. The van der Waals surface area contributed by atoms with Crippen molar-refractivity contribution in [2.24, 2.45) is 0 Å². The average molecular weight is 282 g/mol. The highest BCUT2D eigenvalue weighted by atomic mass is 16.5. The van der Waals surface area contributed by atoms with Crippen LogP contribution >= 0.6 is 0 Å². The molecule has 0 fully saturated rings. The fraction of sp³-hybridized carbons (Fsp3) is 0.278. The molecule has 0 atom stereocenters. The summed E-state index contributed by atoms with van der Waals surface area (Å²) >= 11 is 0. The number of carbonyl (C=O) groups excluding carboxylic acids is 1. The van der Waals surface area contributed by atoms with Crippen LogP contribution in [0.1, 0.15) is 32.6 Å². The van der Waals surface area contributed by atoms with Gasteiger partial charge in [0.15, 0.2) is 17.3 Å². The van der Waals surface area contributed by atoms with E-state index in [1.807, 2.05) is 32.0 Å². The molecule has 1 aromatic rings.